The van der Waals surface area contributed by atoms with Crippen molar-refractivity contribution in [3.63, 3.8) is 0 Å². The van der Waals surface area contributed by atoms with Gasteiger partial charge in [-0.25, -0.2) is 0 Å². The van der Waals surface area contributed by atoms with Crippen LogP contribution in [0, 0.1) is 5.41 Å². The first-order valence-corrected chi connectivity index (χ1v) is 6.18. The summed E-state index contributed by atoms with van der Waals surface area (Å²) in [4.78, 5) is 0. The topological polar surface area (TPSA) is 68.3 Å². The van der Waals surface area contributed by atoms with Crippen LogP contribution < -0.4 is 10.5 Å². The molecule has 1 heterocycles. The van der Waals surface area contributed by atoms with E-state index in [4.69, 9.17) is 20.6 Å². The van der Waals surface area contributed by atoms with E-state index in [1.54, 1.807) is 0 Å². The monoisotopic (exact) mass is 288 g/mol. The Morgan fingerprint density at radius 2 is 1.95 bits per heavy atom. The van der Waals surface area contributed by atoms with E-state index >= 15 is 0 Å². The highest BCUT2D eigenvalue weighted by Crippen LogP contribution is 2.34. The summed E-state index contributed by atoms with van der Waals surface area (Å²) < 4.78 is 49.5. The number of halogens is 3. The molecule has 0 aliphatic carbocycles. The van der Waals surface area contributed by atoms with Gasteiger partial charge in [0.15, 0.2) is 0 Å². The molecule has 1 saturated heterocycles. The molecule has 0 amide bonds. The fourth-order valence-corrected chi connectivity index (χ4v) is 2.05. The van der Waals surface area contributed by atoms with Gasteiger partial charge >= 0.3 is 6.18 Å². The third-order valence-electron chi connectivity index (χ3n) is 3.06. The van der Waals surface area contributed by atoms with Crippen molar-refractivity contribution < 1.29 is 22.6 Å². The summed E-state index contributed by atoms with van der Waals surface area (Å²) >= 11 is 0. The van der Waals surface area contributed by atoms with E-state index in [1.807, 2.05) is 0 Å². The van der Waals surface area contributed by atoms with Crippen molar-refractivity contribution in [3.8, 4) is 5.75 Å². The van der Waals surface area contributed by atoms with Crippen LogP contribution in [0.25, 0.3) is 0 Å². The minimum absolute atomic E-state index is 0.134. The third kappa shape index (κ3) is 3.41. The zero-order chi connectivity index (χ0) is 14.8. The van der Waals surface area contributed by atoms with Gasteiger partial charge in [0.1, 0.15) is 17.7 Å². The van der Waals surface area contributed by atoms with Crippen molar-refractivity contribution in [1.29, 1.82) is 5.41 Å². The molecule has 1 aromatic rings. The predicted octanol–water partition coefficient (Wildman–Crippen LogP) is 2.55. The van der Waals surface area contributed by atoms with Crippen LogP contribution in [-0.2, 0) is 10.9 Å². The van der Waals surface area contributed by atoms with Crippen molar-refractivity contribution in [3.05, 3.63) is 29.3 Å². The molecule has 20 heavy (non-hydrogen) atoms. The van der Waals surface area contributed by atoms with Gasteiger partial charge in [0, 0.05) is 18.4 Å². The van der Waals surface area contributed by atoms with Gasteiger partial charge in [0.25, 0.3) is 0 Å². The number of hydrogen-bond donors (Lipinski definition) is 2. The van der Waals surface area contributed by atoms with Crippen molar-refractivity contribution >= 4 is 5.84 Å². The number of alkyl halides is 3. The molecule has 1 aliphatic rings. The number of nitrogens with two attached hydrogens (primary N) is 1. The lowest BCUT2D eigenvalue weighted by atomic mass is 10.1. The van der Waals surface area contributed by atoms with E-state index in [9.17, 15) is 13.2 Å². The summed E-state index contributed by atoms with van der Waals surface area (Å²) in [6.07, 6.45) is -3.42. The molecular formula is C13H15F3N2O2. The Morgan fingerprint density at radius 1 is 1.30 bits per heavy atom. The molecule has 3 N–H and O–H groups in total. The number of benzene rings is 1. The highest BCUT2D eigenvalue weighted by atomic mass is 19.4. The molecule has 0 bridgehead atoms. The first-order chi connectivity index (χ1) is 9.38. The van der Waals surface area contributed by atoms with Crippen molar-refractivity contribution in [2.75, 3.05) is 13.2 Å². The van der Waals surface area contributed by atoms with Gasteiger partial charge in [0.05, 0.1) is 18.8 Å². The Balaban J connectivity index is 2.25. The molecular weight excluding hydrogens is 273 g/mol. The maximum absolute atomic E-state index is 12.9. The molecule has 0 saturated carbocycles. The fraction of sp³-hybridized carbons (Fsp3) is 0.462. The second kappa shape index (κ2) is 5.70. The van der Waals surface area contributed by atoms with E-state index in [-0.39, 0.29) is 17.4 Å². The Kier molecular flexibility index (Phi) is 4.17. The van der Waals surface area contributed by atoms with Gasteiger partial charge in [-0.1, -0.05) is 0 Å². The summed E-state index contributed by atoms with van der Waals surface area (Å²) in [5.41, 5.74) is 3.89. The molecule has 0 aromatic heterocycles. The Bertz CT molecular complexity index is 497. The summed E-state index contributed by atoms with van der Waals surface area (Å²) in [6.45, 7) is 1.09. The van der Waals surface area contributed by atoms with E-state index in [2.05, 4.69) is 0 Å². The molecule has 0 atom stereocenters. The third-order valence-corrected chi connectivity index (χ3v) is 3.06. The van der Waals surface area contributed by atoms with Crippen LogP contribution in [0.2, 0.25) is 0 Å². The second-order valence-corrected chi connectivity index (χ2v) is 4.55. The Morgan fingerprint density at radius 3 is 2.50 bits per heavy atom. The first kappa shape index (κ1) is 14.6. The number of hydrogen-bond acceptors (Lipinski definition) is 3. The average Bonchev–Trinajstić information content (AvgIpc) is 2.38. The highest BCUT2D eigenvalue weighted by Gasteiger charge is 2.34. The van der Waals surface area contributed by atoms with Gasteiger partial charge in [-0.05, 0) is 18.2 Å². The number of rotatable bonds is 3. The number of ether oxygens (including phenoxy) is 2. The Hall–Kier alpha value is -1.76. The number of amidine groups is 1. The van der Waals surface area contributed by atoms with Crippen LogP contribution in [0.15, 0.2) is 18.2 Å². The molecule has 1 fully saturated rings. The summed E-state index contributed by atoms with van der Waals surface area (Å²) in [5, 5.41) is 7.20. The lowest BCUT2D eigenvalue weighted by Gasteiger charge is -2.24. The van der Waals surface area contributed by atoms with E-state index < -0.39 is 17.6 Å². The highest BCUT2D eigenvalue weighted by molar-refractivity contribution is 5.96. The van der Waals surface area contributed by atoms with Crippen LogP contribution in [0.3, 0.4) is 0 Å². The van der Waals surface area contributed by atoms with Gasteiger partial charge in [-0.15, -0.1) is 0 Å². The molecule has 1 aromatic carbocycles. The largest absolute Gasteiger partial charge is 0.490 e. The van der Waals surface area contributed by atoms with E-state index in [0.717, 1.165) is 6.07 Å². The molecule has 0 radical (unpaired) electrons. The molecule has 110 valence electrons. The van der Waals surface area contributed by atoms with Crippen molar-refractivity contribution in [1.82, 2.24) is 0 Å². The zero-order valence-electron chi connectivity index (χ0n) is 10.7. The van der Waals surface area contributed by atoms with Gasteiger partial charge in [-0.2, -0.15) is 13.2 Å². The van der Waals surface area contributed by atoms with Crippen molar-refractivity contribution in [2.24, 2.45) is 5.73 Å². The number of nitrogen functional groups attached to an aromatic ring is 1. The summed E-state index contributed by atoms with van der Waals surface area (Å²) in [5.74, 6) is -0.482. The minimum atomic E-state index is -4.57. The average molecular weight is 288 g/mol. The summed E-state index contributed by atoms with van der Waals surface area (Å²) in [7, 11) is 0. The Labute approximate surface area is 114 Å². The molecule has 2 rings (SSSR count). The smallest absolute Gasteiger partial charge is 0.417 e. The maximum Gasteiger partial charge on any atom is 0.417 e. The SMILES string of the molecule is N=C(N)c1ccc(OC2CCOCC2)cc1C(F)(F)F. The minimum Gasteiger partial charge on any atom is -0.490 e. The second-order valence-electron chi connectivity index (χ2n) is 4.55. The molecule has 0 unspecified atom stereocenters. The summed E-state index contributed by atoms with van der Waals surface area (Å²) in [6, 6.07) is 3.47. The normalized spacial score (nSPS) is 16.9. The lowest BCUT2D eigenvalue weighted by Crippen LogP contribution is -2.26. The predicted molar refractivity (Wildman–Crippen MR) is 66.9 cm³/mol. The van der Waals surface area contributed by atoms with Crippen LogP contribution in [0.5, 0.6) is 5.75 Å². The zero-order valence-corrected chi connectivity index (χ0v) is 10.7. The van der Waals surface area contributed by atoms with Gasteiger partial charge in [0.2, 0.25) is 0 Å². The van der Waals surface area contributed by atoms with Crippen molar-refractivity contribution in [2.45, 2.75) is 25.1 Å². The molecule has 7 heteroatoms. The van der Waals surface area contributed by atoms with Gasteiger partial charge in [-0.3, -0.25) is 5.41 Å². The molecule has 1 aliphatic heterocycles. The maximum atomic E-state index is 12.9. The first-order valence-electron chi connectivity index (χ1n) is 6.18. The molecule has 0 spiro atoms. The van der Waals surface area contributed by atoms with Crippen LogP contribution in [-0.4, -0.2) is 25.2 Å². The van der Waals surface area contributed by atoms with Crippen LogP contribution in [0.4, 0.5) is 13.2 Å². The van der Waals surface area contributed by atoms with Crippen LogP contribution in [0.1, 0.15) is 24.0 Å². The standard InChI is InChI=1S/C13H15F3N2O2/c14-13(15,16)11-7-9(1-2-10(11)12(17)18)20-8-3-5-19-6-4-8/h1-2,7-8H,3-6H2,(H3,17,18). The van der Waals surface area contributed by atoms with E-state index in [1.165, 1.54) is 12.1 Å². The lowest BCUT2D eigenvalue weighted by molar-refractivity contribution is -0.137. The van der Waals surface area contributed by atoms with Crippen LogP contribution >= 0.6 is 0 Å². The van der Waals surface area contributed by atoms with E-state index in [0.29, 0.717) is 26.1 Å². The fourth-order valence-electron chi connectivity index (χ4n) is 2.05. The number of nitrogens with one attached hydrogen (secondary N) is 1. The van der Waals surface area contributed by atoms with Gasteiger partial charge < -0.3 is 15.2 Å². The molecule has 4 nitrogen and oxygen atoms in total. The quantitative estimate of drug-likeness (QED) is 0.663.